The van der Waals surface area contributed by atoms with E-state index >= 15 is 0 Å². The van der Waals surface area contributed by atoms with Crippen LogP contribution in [0.3, 0.4) is 0 Å². The maximum Gasteiger partial charge on any atom is 0.331 e. The predicted molar refractivity (Wildman–Crippen MR) is 72.4 cm³/mol. The Morgan fingerprint density at radius 3 is 2.85 bits per heavy atom. The number of rotatable bonds is 5. The number of anilines is 1. The zero-order valence-electron chi connectivity index (χ0n) is 11.2. The molecule has 0 radical (unpaired) electrons. The summed E-state index contributed by atoms with van der Waals surface area (Å²) in [7, 11) is 1.66. The van der Waals surface area contributed by atoms with Crippen LogP contribution in [-0.4, -0.2) is 29.2 Å². The van der Waals surface area contributed by atoms with Crippen LogP contribution in [-0.2, 0) is 4.74 Å². The van der Waals surface area contributed by atoms with Gasteiger partial charge >= 0.3 is 5.69 Å². The van der Waals surface area contributed by atoms with E-state index in [1.165, 1.54) is 12.1 Å². The van der Waals surface area contributed by atoms with E-state index in [2.05, 4.69) is 10.4 Å². The van der Waals surface area contributed by atoms with E-state index in [0.29, 0.717) is 12.2 Å². The van der Waals surface area contributed by atoms with Gasteiger partial charge in [0, 0.05) is 19.6 Å². The Hall–Kier alpha value is -1.93. The first-order valence-corrected chi connectivity index (χ1v) is 6.45. The Morgan fingerprint density at radius 1 is 1.45 bits per heavy atom. The average Bonchev–Trinajstić information content (AvgIpc) is 2.47. The summed E-state index contributed by atoms with van der Waals surface area (Å²) in [5.41, 5.74) is 2.19. The van der Waals surface area contributed by atoms with Gasteiger partial charge in [0.1, 0.15) is 11.9 Å². The Balaban J connectivity index is 2.16. The Bertz CT molecular complexity index is 483. The van der Waals surface area contributed by atoms with Gasteiger partial charge in [-0.1, -0.05) is 0 Å². The van der Waals surface area contributed by atoms with Crippen LogP contribution in [0.4, 0.5) is 11.5 Å². The molecule has 0 aliphatic heterocycles. The molecule has 3 N–H and O–H groups in total. The van der Waals surface area contributed by atoms with E-state index in [1.54, 1.807) is 7.11 Å². The number of nitrogens with two attached hydrogens (primary N) is 1. The number of nitrogens with zero attached hydrogens (tertiary/aromatic N) is 2. The molecule has 1 aromatic heterocycles. The number of aromatic nitrogens is 1. The van der Waals surface area contributed by atoms with Crippen LogP contribution in [0.25, 0.3) is 0 Å². The molecule has 0 spiro atoms. The molecular formula is C12H18N4O4. The fraction of sp³-hybridized carbons (Fsp3) is 0.583. The van der Waals surface area contributed by atoms with Crippen molar-refractivity contribution < 1.29 is 14.4 Å². The highest BCUT2D eigenvalue weighted by atomic mass is 16.6. The second-order valence-corrected chi connectivity index (χ2v) is 4.69. The third-order valence-electron chi connectivity index (χ3n) is 3.37. The van der Waals surface area contributed by atoms with Crippen LogP contribution in [0, 0.1) is 10.1 Å². The minimum Gasteiger partial charge on any atom is -0.469 e. The second kappa shape index (κ2) is 6.49. The number of nitrogen functional groups attached to an aromatic ring is 1. The normalized spacial score (nSPS) is 22.3. The van der Waals surface area contributed by atoms with Gasteiger partial charge in [-0.3, -0.25) is 10.1 Å². The summed E-state index contributed by atoms with van der Waals surface area (Å²) in [5.74, 6) is 5.58. The van der Waals surface area contributed by atoms with Crippen LogP contribution in [0.15, 0.2) is 12.1 Å². The zero-order valence-corrected chi connectivity index (χ0v) is 11.2. The van der Waals surface area contributed by atoms with E-state index < -0.39 is 4.92 Å². The lowest BCUT2D eigenvalue weighted by molar-refractivity contribution is -0.386. The fourth-order valence-corrected chi connectivity index (χ4v) is 2.32. The number of nitro groups is 1. The molecule has 1 saturated carbocycles. The van der Waals surface area contributed by atoms with Crippen LogP contribution in [0.5, 0.6) is 5.88 Å². The van der Waals surface area contributed by atoms with Crippen molar-refractivity contribution >= 4 is 11.5 Å². The topological polar surface area (TPSA) is 113 Å². The second-order valence-electron chi connectivity index (χ2n) is 4.69. The van der Waals surface area contributed by atoms with E-state index in [1.807, 2.05) is 0 Å². The van der Waals surface area contributed by atoms with Crippen molar-refractivity contribution in [2.24, 2.45) is 5.84 Å². The number of nitrogens with one attached hydrogen (secondary N) is 1. The van der Waals surface area contributed by atoms with Gasteiger partial charge in [-0.25, -0.2) is 5.84 Å². The molecule has 2 rings (SSSR count). The molecule has 110 valence electrons. The molecule has 2 atom stereocenters. The number of hydrogen-bond acceptors (Lipinski definition) is 7. The molecule has 0 amide bonds. The standard InChI is InChI=1S/C12H18N4O4/c1-19-8-3-2-4-9(7-8)20-12-10(16(17)18)5-6-11(14-12)15-13/h5-6,8-9H,2-4,7,13H2,1H3,(H,14,15). The molecule has 0 aromatic carbocycles. The molecule has 1 heterocycles. The lowest BCUT2D eigenvalue weighted by Gasteiger charge is -2.28. The maximum absolute atomic E-state index is 11.0. The number of pyridine rings is 1. The van der Waals surface area contributed by atoms with E-state index in [-0.39, 0.29) is 23.8 Å². The largest absolute Gasteiger partial charge is 0.469 e. The SMILES string of the molecule is COC1CCCC(Oc2nc(NN)ccc2[N+](=O)[O-])C1. The Morgan fingerprint density at radius 2 is 2.20 bits per heavy atom. The lowest BCUT2D eigenvalue weighted by atomic mass is 9.95. The van der Waals surface area contributed by atoms with Crippen molar-refractivity contribution in [1.82, 2.24) is 4.98 Å². The molecule has 1 aliphatic rings. The highest BCUT2D eigenvalue weighted by molar-refractivity contribution is 5.48. The summed E-state index contributed by atoms with van der Waals surface area (Å²) in [6.07, 6.45) is 3.48. The maximum atomic E-state index is 11.0. The number of hydrazine groups is 1. The fourth-order valence-electron chi connectivity index (χ4n) is 2.32. The van der Waals surface area contributed by atoms with Gasteiger partial charge in [0.15, 0.2) is 0 Å². The minimum atomic E-state index is -0.515. The van der Waals surface area contributed by atoms with Gasteiger partial charge in [-0.15, -0.1) is 0 Å². The van der Waals surface area contributed by atoms with E-state index in [9.17, 15) is 10.1 Å². The van der Waals surface area contributed by atoms with Gasteiger partial charge in [-0.2, -0.15) is 4.98 Å². The quantitative estimate of drug-likeness (QED) is 0.479. The van der Waals surface area contributed by atoms with Gasteiger partial charge in [0.25, 0.3) is 5.88 Å². The highest BCUT2D eigenvalue weighted by Gasteiger charge is 2.27. The van der Waals surface area contributed by atoms with Crippen LogP contribution in [0.1, 0.15) is 25.7 Å². The highest BCUT2D eigenvalue weighted by Crippen LogP contribution is 2.30. The van der Waals surface area contributed by atoms with E-state index in [4.69, 9.17) is 15.3 Å². The number of hydrogen-bond donors (Lipinski definition) is 2. The molecule has 2 unspecified atom stereocenters. The molecule has 20 heavy (non-hydrogen) atoms. The Kier molecular flexibility index (Phi) is 4.70. The predicted octanol–water partition coefficient (Wildman–Crippen LogP) is 1.61. The molecule has 8 nitrogen and oxygen atoms in total. The van der Waals surface area contributed by atoms with Crippen molar-refractivity contribution in [3.8, 4) is 5.88 Å². The smallest absolute Gasteiger partial charge is 0.331 e. The van der Waals surface area contributed by atoms with Crippen LogP contribution >= 0.6 is 0 Å². The zero-order chi connectivity index (χ0) is 14.5. The number of methoxy groups -OCH3 is 1. The van der Waals surface area contributed by atoms with Gasteiger partial charge in [0.2, 0.25) is 0 Å². The third-order valence-corrected chi connectivity index (χ3v) is 3.37. The van der Waals surface area contributed by atoms with Crippen LogP contribution in [0.2, 0.25) is 0 Å². The van der Waals surface area contributed by atoms with Crippen molar-refractivity contribution in [1.29, 1.82) is 0 Å². The van der Waals surface area contributed by atoms with Crippen molar-refractivity contribution in [3.05, 3.63) is 22.2 Å². The van der Waals surface area contributed by atoms with E-state index in [0.717, 1.165) is 19.3 Å². The molecule has 1 aromatic rings. The first-order valence-electron chi connectivity index (χ1n) is 6.45. The monoisotopic (exact) mass is 282 g/mol. The van der Waals surface area contributed by atoms with Crippen molar-refractivity contribution in [2.45, 2.75) is 37.9 Å². The van der Waals surface area contributed by atoms with Crippen LogP contribution < -0.4 is 16.0 Å². The summed E-state index contributed by atoms with van der Waals surface area (Å²) < 4.78 is 11.0. The molecule has 1 fully saturated rings. The summed E-state index contributed by atoms with van der Waals surface area (Å²) in [6.45, 7) is 0. The first-order chi connectivity index (χ1) is 9.63. The average molecular weight is 282 g/mol. The Labute approximate surface area is 116 Å². The molecule has 0 saturated heterocycles. The van der Waals surface area contributed by atoms with Crippen molar-refractivity contribution in [2.75, 3.05) is 12.5 Å². The third kappa shape index (κ3) is 3.34. The molecular weight excluding hydrogens is 264 g/mol. The summed E-state index contributed by atoms with van der Waals surface area (Å²) in [6, 6.07) is 2.76. The van der Waals surface area contributed by atoms with Crippen molar-refractivity contribution in [3.63, 3.8) is 0 Å². The van der Waals surface area contributed by atoms with Gasteiger partial charge in [-0.05, 0) is 25.3 Å². The minimum absolute atomic E-state index is 0.00722. The summed E-state index contributed by atoms with van der Waals surface area (Å²) >= 11 is 0. The molecule has 1 aliphatic carbocycles. The number of ether oxygens (including phenoxy) is 2. The summed E-state index contributed by atoms with van der Waals surface area (Å²) in [5, 5.41) is 11.0. The molecule has 0 bridgehead atoms. The lowest BCUT2D eigenvalue weighted by Crippen LogP contribution is -2.30. The summed E-state index contributed by atoms with van der Waals surface area (Å²) in [4.78, 5) is 14.5. The molecule has 8 heteroatoms. The van der Waals surface area contributed by atoms with Gasteiger partial charge in [0.05, 0.1) is 11.0 Å². The first kappa shape index (κ1) is 14.5. The van der Waals surface area contributed by atoms with Gasteiger partial charge < -0.3 is 14.9 Å².